The van der Waals surface area contributed by atoms with Crippen LogP contribution in [-0.4, -0.2) is 25.2 Å². The van der Waals surface area contributed by atoms with Gasteiger partial charge in [-0.1, -0.05) is 24.3 Å². The van der Waals surface area contributed by atoms with Gasteiger partial charge in [0.25, 0.3) is 5.91 Å². The minimum absolute atomic E-state index is 0.197. The molecular weight excluding hydrogens is 292 g/mol. The van der Waals surface area contributed by atoms with Crippen molar-refractivity contribution in [2.24, 2.45) is 0 Å². The first kappa shape index (κ1) is 15.1. The third kappa shape index (κ3) is 3.04. The maximum atomic E-state index is 12.5. The standard InChI is InChI=1S/C18H18N2O3/c1-12-5-3-6-13(2)16(12)19-17(21)14-7-4-8-15(11-14)20-9-10-23-18(20)22/h3-8,11H,9-10H2,1-2H3,(H,19,21). The third-order valence-corrected chi connectivity index (χ3v) is 3.90. The van der Waals surface area contributed by atoms with Gasteiger partial charge in [-0.25, -0.2) is 4.79 Å². The summed E-state index contributed by atoms with van der Waals surface area (Å²) in [6.45, 7) is 4.79. The number of amides is 2. The predicted octanol–water partition coefficient (Wildman–Crippen LogP) is 3.51. The Labute approximate surface area is 134 Å². The summed E-state index contributed by atoms with van der Waals surface area (Å²) in [6, 6.07) is 12.9. The number of ether oxygens (including phenoxy) is 1. The first-order valence-corrected chi connectivity index (χ1v) is 7.48. The summed E-state index contributed by atoms with van der Waals surface area (Å²) in [5.41, 5.74) is 4.02. The van der Waals surface area contributed by atoms with Crippen LogP contribution in [0.1, 0.15) is 21.5 Å². The van der Waals surface area contributed by atoms with E-state index in [4.69, 9.17) is 4.74 Å². The van der Waals surface area contributed by atoms with Gasteiger partial charge in [-0.15, -0.1) is 0 Å². The first-order valence-electron chi connectivity index (χ1n) is 7.48. The molecule has 0 spiro atoms. The average molecular weight is 310 g/mol. The molecule has 2 aromatic rings. The smallest absolute Gasteiger partial charge is 0.414 e. The predicted molar refractivity (Wildman–Crippen MR) is 89.0 cm³/mol. The van der Waals surface area contributed by atoms with E-state index in [-0.39, 0.29) is 12.0 Å². The van der Waals surface area contributed by atoms with Crippen LogP contribution in [0.25, 0.3) is 0 Å². The van der Waals surface area contributed by atoms with Gasteiger partial charge in [0.2, 0.25) is 0 Å². The lowest BCUT2D eigenvalue weighted by molar-refractivity contribution is 0.102. The van der Waals surface area contributed by atoms with Gasteiger partial charge in [0, 0.05) is 16.9 Å². The summed E-state index contributed by atoms with van der Waals surface area (Å²) < 4.78 is 4.93. The molecule has 1 fully saturated rings. The second-order valence-corrected chi connectivity index (χ2v) is 5.54. The van der Waals surface area contributed by atoms with Crippen molar-refractivity contribution < 1.29 is 14.3 Å². The summed E-state index contributed by atoms with van der Waals surface area (Å²) in [4.78, 5) is 25.7. The highest BCUT2D eigenvalue weighted by Gasteiger charge is 2.24. The van der Waals surface area contributed by atoms with Crippen LogP contribution in [-0.2, 0) is 4.74 Å². The number of rotatable bonds is 3. The molecule has 1 aliphatic rings. The second kappa shape index (κ2) is 6.12. The molecular formula is C18H18N2O3. The summed E-state index contributed by atoms with van der Waals surface area (Å²) in [5.74, 6) is -0.197. The van der Waals surface area contributed by atoms with Gasteiger partial charge in [-0.05, 0) is 43.2 Å². The molecule has 5 nitrogen and oxygen atoms in total. The highest BCUT2D eigenvalue weighted by molar-refractivity contribution is 6.06. The Bertz CT molecular complexity index is 750. The molecule has 1 N–H and O–H groups in total. The van der Waals surface area contributed by atoms with Crippen LogP contribution in [0.4, 0.5) is 16.2 Å². The van der Waals surface area contributed by atoms with Crippen molar-refractivity contribution in [1.29, 1.82) is 0 Å². The molecule has 2 amide bonds. The minimum Gasteiger partial charge on any atom is -0.447 e. The Kier molecular flexibility index (Phi) is 4.02. The van der Waals surface area contributed by atoms with Gasteiger partial charge in [-0.2, -0.15) is 0 Å². The number of aryl methyl sites for hydroxylation is 2. The number of nitrogens with one attached hydrogen (secondary N) is 1. The molecule has 0 bridgehead atoms. The Balaban J connectivity index is 1.84. The first-order chi connectivity index (χ1) is 11.1. The number of hydrogen-bond donors (Lipinski definition) is 1. The lowest BCUT2D eigenvalue weighted by Gasteiger charge is -2.15. The molecule has 0 aromatic heterocycles. The monoisotopic (exact) mass is 310 g/mol. The molecule has 3 rings (SSSR count). The fourth-order valence-corrected chi connectivity index (χ4v) is 2.64. The fraction of sp³-hybridized carbons (Fsp3) is 0.222. The maximum Gasteiger partial charge on any atom is 0.414 e. The van der Waals surface area contributed by atoms with Gasteiger partial charge in [0.05, 0.1) is 6.54 Å². The van der Waals surface area contributed by atoms with Crippen molar-refractivity contribution in [2.75, 3.05) is 23.4 Å². The molecule has 0 aliphatic carbocycles. The Morgan fingerprint density at radius 1 is 1.13 bits per heavy atom. The zero-order valence-corrected chi connectivity index (χ0v) is 13.1. The molecule has 2 aromatic carbocycles. The van der Waals surface area contributed by atoms with Crippen molar-refractivity contribution in [2.45, 2.75) is 13.8 Å². The number of hydrogen-bond acceptors (Lipinski definition) is 3. The van der Waals surface area contributed by atoms with Crippen molar-refractivity contribution >= 4 is 23.4 Å². The van der Waals surface area contributed by atoms with Crippen molar-refractivity contribution in [3.05, 3.63) is 59.2 Å². The zero-order chi connectivity index (χ0) is 16.4. The number of anilines is 2. The topological polar surface area (TPSA) is 58.6 Å². The van der Waals surface area contributed by atoms with E-state index in [9.17, 15) is 9.59 Å². The summed E-state index contributed by atoms with van der Waals surface area (Å²) >= 11 is 0. The van der Waals surface area contributed by atoms with Gasteiger partial charge < -0.3 is 10.1 Å². The minimum atomic E-state index is -0.377. The van der Waals surface area contributed by atoms with Crippen molar-refractivity contribution in [3.8, 4) is 0 Å². The number of cyclic esters (lactones) is 1. The van der Waals surface area contributed by atoms with Crippen LogP contribution in [0.3, 0.4) is 0 Å². The molecule has 1 aliphatic heterocycles. The van der Waals surface area contributed by atoms with E-state index in [2.05, 4.69) is 5.32 Å². The van der Waals surface area contributed by atoms with Crippen LogP contribution in [0.15, 0.2) is 42.5 Å². The van der Waals surface area contributed by atoms with Crippen LogP contribution in [0.2, 0.25) is 0 Å². The number of carbonyl (C=O) groups excluding carboxylic acids is 2. The number of benzene rings is 2. The number of carbonyl (C=O) groups is 2. The number of nitrogens with zero attached hydrogens (tertiary/aromatic N) is 1. The third-order valence-electron chi connectivity index (χ3n) is 3.90. The lowest BCUT2D eigenvalue weighted by Crippen LogP contribution is -2.23. The highest BCUT2D eigenvalue weighted by atomic mass is 16.6. The highest BCUT2D eigenvalue weighted by Crippen LogP contribution is 2.23. The second-order valence-electron chi connectivity index (χ2n) is 5.54. The molecule has 0 saturated carbocycles. The summed E-state index contributed by atoms with van der Waals surface area (Å²) in [7, 11) is 0. The average Bonchev–Trinajstić information content (AvgIpc) is 2.97. The lowest BCUT2D eigenvalue weighted by atomic mass is 10.1. The fourth-order valence-electron chi connectivity index (χ4n) is 2.64. The van der Waals surface area contributed by atoms with E-state index >= 15 is 0 Å². The molecule has 5 heteroatoms. The van der Waals surface area contributed by atoms with Gasteiger partial charge in [0.15, 0.2) is 0 Å². The molecule has 0 radical (unpaired) electrons. The Morgan fingerprint density at radius 3 is 2.48 bits per heavy atom. The van der Waals surface area contributed by atoms with Gasteiger partial charge >= 0.3 is 6.09 Å². The Hall–Kier alpha value is -2.82. The van der Waals surface area contributed by atoms with Gasteiger partial charge in [0.1, 0.15) is 6.61 Å². The Morgan fingerprint density at radius 2 is 1.83 bits per heavy atom. The molecule has 1 saturated heterocycles. The van der Waals surface area contributed by atoms with E-state index in [0.717, 1.165) is 16.8 Å². The normalized spacial score (nSPS) is 13.8. The molecule has 0 atom stereocenters. The number of para-hydroxylation sites is 1. The van der Waals surface area contributed by atoms with E-state index in [1.165, 1.54) is 4.90 Å². The summed E-state index contributed by atoms with van der Waals surface area (Å²) in [5, 5.41) is 2.95. The zero-order valence-electron chi connectivity index (χ0n) is 13.1. The molecule has 118 valence electrons. The largest absolute Gasteiger partial charge is 0.447 e. The molecule has 23 heavy (non-hydrogen) atoms. The SMILES string of the molecule is Cc1cccc(C)c1NC(=O)c1cccc(N2CCOC2=O)c1. The van der Waals surface area contributed by atoms with Crippen LogP contribution < -0.4 is 10.2 Å². The van der Waals surface area contributed by atoms with E-state index in [0.29, 0.717) is 24.4 Å². The maximum absolute atomic E-state index is 12.5. The van der Waals surface area contributed by atoms with E-state index < -0.39 is 0 Å². The van der Waals surface area contributed by atoms with Gasteiger partial charge in [-0.3, -0.25) is 9.69 Å². The van der Waals surface area contributed by atoms with E-state index in [1.807, 2.05) is 32.0 Å². The van der Waals surface area contributed by atoms with Crippen molar-refractivity contribution in [1.82, 2.24) is 0 Å². The quantitative estimate of drug-likeness (QED) is 0.943. The van der Waals surface area contributed by atoms with Crippen LogP contribution >= 0.6 is 0 Å². The van der Waals surface area contributed by atoms with E-state index in [1.54, 1.807) is 24.3 Å². The van der Waals surface area contributed by atoms with Crippen molar-refractivity contribution in [3.63, 3.8) is 0 Å². The van der Waals surface area contributed by atoms with Crippen LogP contribution in [0, 0.1) is 13.8 Å². The summed E-state index contributed by atoms with van der Waals surface area (Å²) in [6.07, 6.45) is -0.377. The van der Waals surface area contributed by atoms with Crippen LogP contribution in [0.5, 0.6) is 0 Å². The molecule has 1 heterocycles. The molecule has 0 unspecified atom stereocenters.